The highest BCUT2D eigenvalue weighted by atomic mass is 16.2. The van der Waals surface area contributed by atoms with Crippen LogP contribution in [0.15, 0.2) is 24.3 Å². The Hall–Kier alpha value is -3.41. The molecule has 1 aromatic carbocycles. The van der Waals surface area contributed by atoms with E-state index in [9.17, 15) is 24.4 Å². The van der Waals surface area contributed by atoms with Crippen molar-refractivity contribution in [2.75, 3.05) is 11.9 Å². The first-order valence-corrected chi connectivity index (χ1v) is 11.3. The van der Waals surface area contributed by atoms with E-state index in [0.29, 0.717) is 5.69 Å². The molecule has 0 radical (unpaired) electrons. The van der Waals surface area contributed by atoms with Gasteiger partial charge in [-0.25, -0.2) is 0 Å². The number of nitrogens with one attached hydrogen (secondary N) is 3. The number of carbonyl (C=O) groups excluding carboxylic acids is 4. The number of nitriles is 1. The van der Waals surface area contributed by atoms with Crippen LogP contribution in [-0.2, 0) is 24.6 Å². The maximum Gasteiger partial charge on any atom is 0.309 e. The van der Waals surface area contributed by atoms with E-state index >= 15 is 0 Å². The van der Waals surface area contributed by atoms with E-state index in [1.54, 1.807) is 6.07 Å². The summed E-state index contributed by atoms with van der Waals surface area (Å²) < 4.78 is 0. The lowest BCUT2D eigenvalue weighted by molar-refractivity contribution is -0.143. The van der Waals surface area contributed by atoms with Crippen molar-refractivity contribution in [1.29, 1.82) is 5.26 Å². The lowest BCUT2D eigenvalue weighted by Crippen LogP contribution is -2.54. The standard InChI is InChI=1S/C24H29N5O4/c1-23(2,3)11-18(27-20(31)19(30)26-14-8-9-14)21(32)29-13-24(10-15(29)12-25)16-6-4-5-7-17(16)28-22(24)33/h4-7,14-15,18H,8-11,13H2,1-3H3,(H,26,30)(H,27,31)(H,28,33)/t15-,18-,24-/m0/s1. The third-order valence-electron chi connectivity index (χ3n) is 6.45. The van der Waals surface area contributed by atoms with Crippen molar-refractivity contribution < 1.29 is 19.2 Å². The first-order valence-electron chi connectivity index (χ1n) is 11.3. The highest BCUT2D eigenvalue weighted by Crippen LogP contribution is 2.46. The van der Waals surface area contributed by atoms with Gasteiger partial charge >= 0.3 is 11.8 Å². The summed E-state index contributed by atoms with van der Waals surface area (Å²) in [5.74, 6) is -2.32. The topological polar surface area (TPSA) is 131 Å². The fourth-order valence-electron chi connectivity index (χ4n) is 4.70. The first-order chi connectivity index (χ1) is 15.5. The van der Waals surface area contributed by atoms with Crippen LogP contribution in [0, 0.1) is 16.7 Å². The predicted octanol–water partition coefficient (Wildman–Crippen LogP) is 1.20. The molecule has 9 nitrogen and oxygen atoms in total. The van der Waals surface area contributed by atoms with Crippen molar-refractivity contribution in [3.05, 3.63) is 29.8 Å². The quantitative estimate of drug-likeness (QED) is 0.592. The molecule has 1 aliphatic carbocycles. The average molecular weight is 452 g/mol. The molecule has 174 valence electrons. The van der Waals surface area contributed by atoms with Gasteiger partial charge in [0.2, 0.25) is 11.8 Å². The molecule has 3 atom stereocenters. The molecule has 2 heterocycles. The number of amides is 4. The molecule has 0 unspecified atom stereocenters. The first kappa shape index (κ1) is 22.8. The predicted molar refractivity (Wildman–Crippen MR) is 120 cm³/mol. The van der Waals surface area contributed by atoms with Crippen LogP contribution in [0.1, 0.15) is 52.0 Å². The molecule has 2 fully saturated rings. The number of likely N-dealkylation sites (tertiary alicyclic amines) is 1. The number of anilines is 1. The molecular weight excluding hydrogens is 422 g/mol. The number of carbonyl (C=O) groups is 4. The molecule has 0 aromatic heterocycles. The van der Waals surface area contributed by atoms with Crippen molar-refractivity contribution in [2.45, 2.75) is 70.0 Å². The van der Waals surface area contributed by atoms with E-state index in [4.69, 9.17) is 0 Å². The molecule has 1 aromatic rings. The lowest BCUT2D eigenvalue weighted by atomic mass is 9.80. The Kier molecular flexibility index (Phi) is 5.64. The van der Waals surface area contributed by atoms with Gasteiger partial charge in [0.15, 0.2) is 0 Å². The summed E-state index contributed by atoms with van der Waals surface area (Å²) in [6, 6.07) is 7.64. The molecule has 3 aliphatic rings. The summed E-state index contributed by atoms with van der Waals surface area (Å²) in [5, 5.41) is 17.9. The molecule has 3 N–H and O–H groups in total. The van der Waals surface area contributed by atoms with Crippen molar-refractivity contribution in [2.24, 2.45) is 5.41 Å². The summed E-state index contributed by atoms with van der Waals surface area (Å²) in [4.78, 5) is 52.7. The highest BCUT2D eigenvalue weighted by Gasteiger charge is 2.56. The molecule has 0 bridgehead atoms. The minimum absolute atomic E-state index is 0.0161. The van der Waals surface area contributed by atoms with Gasteiger partial charge < -0.3 is 20.9 Å². The normalized spacial score (nSPS) is 24.6. The van der Waals surface area contributed by atoms with Crippen LogP contribution in [-0.4, -0.2) is 53.2 Å². The number of benzene rings is 1. The third kappa shape index (κ3) is 4.42. The van der Waals surface area contributed by atoms with Crippen LogP contribution in [0.2, 0.25) is 0 Å². The Morgan fingerprint density at radius 3 is 2.58 bits per heavy atom. The van der Waals surface area contributed by atoms with E-state index < -0.39 is 35.2 Å². The van der Waals surface area contributed by atoms with Gasteiger partial charge in [-0.3, -0.25) is 19.2 Å². The Labute approximate surface area is 192 Å². The van der Waals surface area contributed by atoms with Gasteiger partial charge in [-0.1, -0.05) is 39.0 Å². The molecule has 33 heavy (non-hydrogen) atoms. The number of hydrogen-bond acceptors (Lipinski definition) is 5. The second-order valence-corrected chi connectivity index (χ2v) is 10.4. The van der Waals surface area contributed by atoms with Gasteiger partial charge in [-0.2, -0.15) is 5.26 Å². The van der Waals surface area contributed by atoms with Gasteiger partial charge in [0.1, 0.15) is 12.1 Å². The fourth-order valence-corrected chi connectivity index (χ4v) is 4.70. The van der Waals surface area contributed by atoms with Gasteiger partial charge in [0.05, 0.1) is 11.5 Å². The number of para-hydroxylation sites is 1. The van der Waals surface area contributed by atoms with Crippen LogP contribution in [0.4, 0.5) is 5.69 Å². The van der Waals surface area contributed by atoms with E-state index in [1.165, 1.54) is 4.90 Å². The maximum absolute atomic E-state index is 13.6. The summed E-state index contributed by atoms with van der Waals surface area (Å²) >= 11 is 0. The van der Waals surface area contributed by atoms with Gasteiger partial charge in [0, 0.05) is 24.7 Å². The van der Waals surface area contributed by atoms with Crippen LogP contribution in [0.25, 0.3) is 0 Å². The average Bonchev–Trinajstić information content (AvgIpc) is 3.41. The van der Waals surface area contributed by atoms with Gasteiger partial charge in [-0.15, -0.1) is 0 Å². The Balaban J connectivity index is 1.58. The molecule has 1 spiro atoms. The fraction of sp³-hybridized carbons (Fsp3) is 0.542. The number of rotatable bonds is 4. The minimum atomic E-state index is -1.01. The Morgan fingerprint density at radius 1 is 1.24 bits per heavy atom. The summed E-state index contributed by atoms with van der Waals surface area (Å²) in [5.41, 5.74) is 0.111. The smallest absolute Gasteiger partial charge is 0.309 e. The zero-order chi connectivity index (χ0) is 24.0. The van der Waals surface area contributed by atoms with E-state index in [1.807, 2.05) is 39.0 Å². The zero-order valence-electron chi connectivity index (χ0n) is 19.1. The summed E-state index contributed by atoms with van der Waals surface area (Å²) in [6.45, 7) is 5.82. The van der Waals surface area contributed by atoms with E-state index in [2.05, 4.69) is 22.0 Å². The minimum Gasteiger partial charge on any atom is -0.345 e. The van der Waals surface area contributed by atoms with Crippen molar-refractivity contribution in [3.8, 4) is 6.07 Å². The molecule has 4 rings (SSSR count). The van der Waals surface area contributed by atoms with Crippen LogP contribution >= 0.6 is 0 Å². The van der Waals surface area contributed by atoms with Crippen LogP contribution in [0.3, 0.4) is 0 Å². The molecule has 9 heteroatoms. The Bertz CT molecular complexity index is 1050. The monoisotopic (exact) mass is 451 g/mol. The molecule has 1 saturated heterocycles. The van der Waals surface area contributed by atoms with Crippen molar-refractivity contribution in [3.63, 3.8) is 0 Å². The van der Waals surface area contributed by atoms with Crippen molar-refractivity contribution in [1.82, 2.24) is 15.5 Å². The van der Waals surface area contributed by atoms with Gasteiger partial charge in [0.25, 0.3) is 0 Å². The second kappa shape index (κ2) is 8.18. The summed E-state index contributed by atoms with van der Waals surface area (Å²) in [6.07, 6.45) is 2.13. The SMILES string of the molecule is CC(C)(C)C[C@H](NC(=O)C(=O)NC1CC1)C(=O)N1C[C@]2(C[C@H]1C#N)C(=O)Nc1ccccc12. The van der Waals surface area contributed by atoms with E-state index in [0.717, 1.165) is 18.4 Å². The number of hydrogen-bond donors (Lipinski definition) is 3. The largest absolute Gasteiger partial charge is 0.345 e. The molecule has 2 aliphatic heterocycles. The second-order valence-electron chi connectivity index (χ2n) is 10.4. The number of fused-ring (bicyclic) bond motifs is 2. The lowest BCUT2D eigenvalue weighted by Gasteiger charge is -2.31. The van der Waals surface area contributed by atoms with Crippen molar-refractivity contribution >= 4 is 29.3 Å². The third-order valence-corrected chi connectivity index (χ3v) is 6.45. The number of nitrogens with zero attached hydrogens (tertiary/aromatic N) is 2. The zero-order valence-corrected chi connectivity index (χ0v) is 19.1. The van der Waals surface area contributed by atoms with Crippen LogP contribution < -0.4 is 16.0 Å². The van der Waals surface area contributed by atoms with E-state index in [-0.39, 0.29) is 36.8 Å². The summed E-state index contributed by atoms with van der Waals surface area (Å²) in [7, 11) is 0. The van der Waals surface area contributed by atoms with Crippen LogP contribution in [0.5, 0.6) is 0 Å². The van der Waals surface area contributed by atoms with Gasteiger partial charge in [-0.05, 0) is 36.3 Å². The maximum atomic E-state index is 13.6. The highest BCUT2D eigenvalue weighted by molar-refractivity contribution is 6.35. The molecular formula is C24H29N5O4. The Morgan fingerprint density at radius 2 is 1.94 bits per heavy atom. The molecule has 1 saturated carbocycles. The molecule has 4 amide bonds.